The van der Waals surface area contributed by atoms with Crippen molar-refractivity contribution in [2.45, 2.75) is 0 Å². The molecule has 52 valence electrons. The predicted molar refractivity (Wildman–Crippen MR) is 41.7 cm³/mol. The molecule has 0 radical (unpaired) electrons. The molecule has 3 nitrogen and oxygen atoms in total. The largest absolute Gasteiger partial charge is 0.432 e. The standard InChI is InChI=1S/C6H6N2OS/c7-6(10)9-5-1-3-8-4-2-5/h1-4H,(H2,7,10). The Labute approximate surface area is 63.8 Å². The van der Waals surface area contributed by atoms with Gasteiger partial charge in [0.25, 0.3) is 5.17 Å². The molecule has 10 heavy (non-hydrogen) atoms. The van der Waals surface area contributed by atoms with Crippen LogP contribution >= 0.6 is 12.2 Å². The van der Waals surface area contributed by atoms with Crippen LogP contribution in [0, 0.1) is 0 Å². The molecule has 0 atom stereocenters. The summed E-state index contributed by atoms with van der Waals surface area (Å²) >= 11 is 4.51. The van der Waals surface area contributed by atoms with Gasteiger partial charge in [-0.3, -0.25) is 4.98 Å². The van der Waals surface area contributed by atoms with Crippen molar-refractivity contribution in [1.29, 1.82) is 0 Å². The van der Waals surface area contributed by atoms with E-state index in [1.807, 2.05) is 0 Å². The molecule has 1 rings (SSSR count). The Kier molecular flexibility index (Phi) is 2.17. The third-order valence-corrected chi connectivity index (χ3v) is 0.952. The molecule has 0 fully saturated rings. The van der Waals surface area contributed by atoms with E-state index in [1.165, 1.54) is 0 Å². The van der Waals surface area contributed by atoms with Crippen LogP contribution in [0.15, 0.2) is 24.5 Å². The molecule has 2 N–H and O–H groups in total. The second kappa shape index (κ2) is 3.12. The molecule has 0 unspecified atom stereocenters. The number of pyridine rings is 1. The summed E-state index contributed by atoms with van der Waals surface area (Å²) in [5.41, 5.74) is 5.11. The number of thiocarbonyl (C=S) groups is 1. The summed E-state index contributed by atoms with van der Waals surface area (Å²) in [6.45, 7) is 0. The Morgan fingerprint density at radius 1 is 1.50 bits per heavy atom. The van der Waals surface area contributed by atoms with E-state index in [9.17, 15) is 0 Å². The second-order valence-electron chi connectivity index (χ2n) is 1.60. The molecule has 0 aromatic carbocycles. The quantitative estimate of drug-likeness (QED) is 0.605. The third-order valence-electron chi connectivity index (χ3n) is 0.868. The zero-order valence-corrected chi connectivity index (χ0v) is 5.97. The van der Waals surface area contributed by atoms with E-state index in [0.717, 1.165) is 0 Å². The summed E-state index contributed by atoms with van der Waals surface area (Å²) in [6.07, 6.45) is 3.21. The first-order valence-corrected chi connectivity index (χ1v) is 3.07. The van der Waals surface area contributed by atoms with Gasteiger partial charge in [0.2, 0.25) is 0 Å². The molecular formula is C6H6N2OS. The van der Waals surface area contributed by atoms with Gasteiger partial charge in [-0.1, -0.05) is 0 Å². The highest BCUT2D eigenvalue weighted by Gasteiger charge is 1.90. The number of ether oxygens (including phenoxy) is 1. The number of hydrogen-bond donors (Lipinski definition) is 1. The summed E-state index contributed by atoms with van der Waals surface area (Å²) in [6, 6.07) is 3.36. The monoisotopic (exact) mass is 154 g/mol. The summed E-state index contributed by atoms with van der Waals surface area (Å²) in [7, 11) is 0. The van der Waals surface area contributed by atoms with Gasteiger partial charge >= 0.3 is 0 Å². The number of rotatable bonds is 1. The van der Waals surface area contributed by atoms with Gasteiger partial charge in [-0.25, -0.2) is 0 Å². The van der Waals surface area contributed by atoms with Crippen molar-refractivity contribution < 1.29 is 4.74 Å². The van der Waals surface area contributed by atoms with Crippen LogP contribution in [-0.2, 0) is 0 Å². The molecule has 0 aliphatic carbocycles. The van der Waals surface area contributed by atoms with Gasteiger partial charge in [0.05, 0.1) is 0 Å². The molecule has 0 spiro atoms. The average Bonchev–Trinajstić information content (AvgIpc) is 1.88. The van der Waals surface area contributed by atoms with Crippen LogP contribution in [-0.4, -0.2) is 10.2 Å². The fourth-order valence-electron chi connectivity index (χ4n) is 0.522. The number of nitrogens with two attached hydrogens (primary N) is 1. The summed E-state index contributed by atoms with van der Waals surface area (Å²) in [5, 5.41) is 0.0196. The lowest BCUT2D eigenvalue weighted by molar-refractivity contribution is 0.556. The maximum absolute atomic E-state index is 5.11. The van der Waals surface area contributed by atoms with Gasteiger partial charge in [-0.2, -0.15) is 0 Å². The van der Waals surface area contributed by atoms with Crippen LogP contribution in [0.1, 0.15) is 0 Å². The maximum Gasteiger partial charge on any atom is 0.259 e. The fourth-order valence-corrected chi connectivity index (χ4v) is 0.619. The van der Waals surface area contributed by atoms with E-state index in [4.69, 9.17) is 10.5 Å². The fraction of sp³-hybridized carbons (Fsp3) is 0. The number of hydrogen-bond acceptors (Lipinski definition) is 3. The Morgan fingerprint density at radius 2 is 2.10 bits per heavy atom. The average molecular weight is 154 g/mol. The van der Waals surface area contributed by atoms with Crippen molar-refractivity contribution in [2.24, 2.45) is 5.73 Å². The van der Waals surface area contributed by atoms with Crippen LogP contribution in [0.5, 0.6) is 5.75 Å². The highest BCUT2D eigenvalue weighted by Crippen LogP contribution is 2.05. The smallest absolute Gasteiger partial charge is 0.259 e. The van der Waals surface area contributed by atoms with E-state index < -0.39 is 0 Å². The van der Waals surface area contributed by atoms with Crippen molar-refractivity contribution in [2.75, 3.05) is 0 Å². The van der Waals surface area contributed by atoms with Crippen molar-refractivity contribution >= 4 is 17.4 Å². The molecule has 0 bridgehead atoms. The Bertz CT molecular complexity index is 224. The van der Waals surface area contributed by atoms with Crippen LogP contribution in [0.2, 0.25) is 0 Å². The first-order valence-electron chi connectivity index (χ1n) is 2.66. The molecule has 1 heterocycles. The molecule has 0 saturated heterocycles. The zero-order valence-electron chi connectivity index (χ0n) is 5.15. The Hall–Kier alpha value is -1.16. The van der Waals surface area contributed by atoms with Crippen molar-refractivity contribution in [3.8, 4) is 5.75 Å². The normalized spacial score (nSPS) is 8.80. The van der Waals surface area contributed by atoms with Crippen molar-refractivity contribution in [3.63, 3.8) is 0 Å². The lowest BCUT2D eigenvalue weighted by Crippen LogP contribution is -2.15. The van der Waals surface area contributed by atoms with Crippen molar-refractivity contribution in [1.82, 2.24) is 4.98 Å². The van der Waals surface area contributed by atoms with E-state index in [0.29, 0.717) is 5.75 Å². The lowest BCUT2D eigenvalue weighted by atomic mass is 10.5. The topological polar surface area (TPSA) is 48.1 Å². The molecule has 0 amide bonds. The summed E-state index contributed by atoms with van der Waals surface area (Å²) in [4.78, 5) is 3.79. The minimum atomic E-state index is 0.0196. The van der Waals surface area contributed by atoms with Crippen LogP contribution in [0.4, 0.5) is 0 Å². The third kappa shape index (κ3) is 1.99. The minimum absolute atomic E-state index is 0.0196. The molecular weight excluding hydrogens is 148 g/mol. The van der Waals surface area contributed by atoms with Gasteiger partial charge in [0.1, 0.15) is 5.75 Å². The maximum atomic E-state index is 5.11. The Balaban J connectivity index is 2.67. The minimum Gasteiger partial charge on any atom is -0.432 e. The van der Waals surface area contributed by atoms with Gasteiger partial charge in [-0.05, 0) is 24.4 Å². The zero-order chi connectivity index (χ0) is 7.40. The predicted octanol–water partition coefficient (Wildman–Crippen LogP) is 0.704. The first kappa shape index (κ1) is 6.95. The van der Waals surface area contributed by atoms with E-state index >= 15 is 0 Å². The lowest BCUT2D eigenvalue weighted by Gasteiger charge is -1.99. The van der Waals surface area contributed by atoms with Gasteiger partial charge < -0.3 is 10.5 Å². The molecule has 0 aliphatic heterocycles. The first-order chi connectivity index (χ1) is 4.79. The van der Waals surface area contributed by atoms with Crippen LogP contribution in [0.25, 0.3) is 0 Å². The molecule has 1 aromatic heterocycles. The summed E-state index contributed by atoms with van der Waals surface area (Å²) in [5.74, 6) is 0.613. The highest BCUT2D eigenvalue weighted by molar-refractivity contribution is 7.80. The number of nitrogens with zero attached hydrogens (tertiary/aromatic N) is 1. The number of aromatic nitrogens is 1. The van der Waals surface area contributed by atoms with E-state index in [2.05, 4.69) is 17.2 Å². The molecule has 0 saturated carbocycles. The van der Waals surface area contributed by atoms with Gasteiger partial charge in [0, 0.05) is 12.4 Å². The van der Waals surface area contributed by atoms with Crippen LogP contribution < -0.4 is 10.5 Å². The second-order valence-corrected chi connectivity index (χ2v) is 2.01. The Morgan fingerprint density at radius 3 is 2.60 bits per heavy atom. The SMILES string of the molecule is NC(=S)Oc1ccncc1. The summed E-state index contributed by atoms with van der Waals surface area (Å²) < 4.78 is 4.88. The van der Waals surface area contributed by atoms with Gasteiger partial charge in [0.15, 0.2) is 0 Å². The molecule has 0 aliphatic rings. The van der Waals surface area contributed by atoms with Gasteiger partial charge in [-0.15, -0.1) is 0 Å². The van der Waals surface area contributed by atoms with Crippen LogP contribution in [0.3, 0.4) is 0 Å². The van der Waals surface area contributed by atoms with E-state index in [1.54, 1.807) is 24.5 Å². The van der Waals surface area contributed by atoms with Crippen molar-refractivity contribution in [3.05, 3.63) is 24.5 Å². The molecule has 4 heteroatoms. The highest BCUT2D eigenvalue weighted by atomic mass is 32.1. The molecule has 1 aromatic rings. The van der Waals surface area contributed by atoms with E-state index in [-0.39, 0.29) is 5.17 Å².